The van der Waals surface area contributed by atoms with Crippen molar-refractivity contribution in [2.45, 2.75) is 13.3 Å². The van der Waals surface area contributed by atoms with Crippen LogP contribution >= 0.6 is 11.8 Å². The van der Waals surface area contributed by atoms with Crippen molar-refractivity contribution < 1.29 is 18.0 Å². The average Bonchev–Trinajstić information content (AvgIpc) is 2.24. The summed E-state index contributed by atoms with van der Waals surface area (Å²) in [6.07, 6.45) is 3.55. The zero-order chi connectivity index (χ0) is 12.8. The monoisotopic (exact) mass is 260 g/mol. The van der Waals surface area contributed by atoms with Gasteiger partial charge in [-0.1, -0.05) is 23.9 Å². The fraction of sp³-hybridized carbons (Fsp3) is 0.250. The molecule has 0 unspecified atom stereocenters. The Morgan fingerprint density at radius 1 is 1.24 bits per heavy atom. The van der Waals surface area contributed by atoms with Gasteiger partial charge in [0.1, 0.15) is 5.82 Å². The maximum absolute atomic E-state index is 13.2. The van der Waals surface area contributed by atoms with Crippen molar-refractivity contribution in [3.63, 3.8) is 0 Å². The number of thioether (sulfide) groups is 1. The number of carbonyl (C=O) groups is 1. The third-order valence-corrected chi connectivity index (χ3v) is 2.77. The molecule has 1 aromatic carbocycles. The molecule has 0 N–H and O–H groups in total. The van der Waals surface area contributed by atoms with E-state index >= 15 is 0 Å². The summed E-state index contributed by atoms with van der Waals surface area (Å²) in [5, 5.41) is 0.0115. The van der Waals surface area contributed by atoms with E-state index in [-0.39, 0.29) is 10.7 Å². The molecule has 92 valence electrons. The van der Waals surface area contributed by atoms with E-state index in [2.05, 4.69) is 0 Å². The van der Waals surface area contributed by atoms with Crippen molar-refractivity contribution in [1.29, 1.82) is 0 Å². The number of rotatable bonds is 4. The van der Waals surface area contributed by atoms with Crippen molar-refractivity contribution in [3.05, 3.63) is 41.2 Å². The highest BCUT2D eigenvalue weighted by molar-refractivity contribution is 8.13. The van der Waals surface area contributed by atoms with Crippen molar-refractivity contribution >= 4 is 23.0 Å². The van der Waals surface area contributed by atoms with Gasteiger partial charge in [-0.15, -0.1) is 0 Å². The largest absolute Gasteiger partial charge is 0.288 e. The van der Waals surface area contributed by atoms with Crippen molar-refractivity contribution in [1.82, 2.24) is 0 Å². The van der Waals surface area contributed by atoms with Gasteiger partial charge in [-0.05, 0) is 12.5 Å². The molecule has 1 nitrogen and oxygen atoms in total. The number of benzene rings is 1. The van der Waals surface area contributed by atoms with Gasteiger partial charge in [0.05, 0.1) is 0 Å². The van der Waals surface area contributed by atoms with Gasteiger partial charge in [-0.2, -0.15) is 0 Å². The van der Waals surface area contributed by atoms with Crippen LogP contribution in [0.2, 0.25) is 0 Å². The molecule has 0 aliphatic rings. The molecule has 0 heterocycles. The van der Waals surface area contributed by atoms with Crippen LogP contribution in [-0.4, -0.2) is 10.9 Å². The molecule has 0 amide bonds. The van der Waals surface area contributed by atoms with Gasteiger partial charge in [0.15, 0.2) is 16.7 Å². The second kappa shape index (κ2) is 6.49. The Labute approximate surface area is 102 Å². The maximum Gasteiger partial charge on any atom is 0.185 e. The van der Waals surface area contributed by atoms with Gasteiger partial charge in [0.25, 0.3) is 0 Å². The van der Waals surface area contributed by atoms with E-state index in [1.54, 1.807) is 6.08 Å². The Balaban J connectivity index is 2.59. The molecular weight excluding hydrogens is 249 g/mol. The fourth-order valence-corrected chi connectivity index (χ4v) is 1.69. The first-order valence-electron chi connectivity index (χ1n) is 4.95. The van der Waals surface area contributed by atoms with Crippen LogP contribution in [0, 0.1) is 17.5 Å². The molecule has 0 spiro atoms. The minimum absolute atomic E-state index is 0.00303. The van der Waals surface area contributed by atoms with Crippen molar-refractivity contribution in [3.8, 4) is 0 Å². The first-order valence-corrected chi connectivity index (χ1v) is 5.93. The van der Waals surface area contributed by atoms with Gasteiger partial charge < -0.3 is 0 Å². The Kier molecular flexibility index (Phi) is 5.28. The molecule has 0 atom stereocenters. The Morgan fingerprint density at radius 2 is 1.88 bits per heavy atom. The molecule has 1 rings (SSSR count). The Bertz CT molecular complexity index is 444. The number of halogens is 3. The summed E-state index contributed by atoms with van der Waals surface area (Å²) in [5.74, 6) is -2.51. The van der Waals surface area contributed by atoms with Crippen LogP contribution in [0.3, 0.4) is 0 Å². The highest BCUT2D eigenvalue weighted by atomic mass is 32.2. The molecule has 17 heavy (non-hydrogen) atoms. The summed E-state index contributed by atoms with van der Waals surface area (Å²) < 4.78 is 38.6. The molecule has 1 aromatic rings. The molecule has 5 heteroatoms. The fourth-order valence-electron chi connectivity index (χ4n) is 1.15. The molecule has 0 aliphatic heterocycles. The standard InChI is InChI=1S/C12H11F3OS/c1-8(16)17-5-3-2-4-9-6-11(14)12(15)7-10(9)13/h2,4,6-7H,3,5H2,1H3. The van der Waals surface area contributed by atoms with E-state index < -0.39 is 17.5 Å². The van der Waals surface area contributed by atoms with Gasteiger partial charge in [0.2, 0.25) is 0 Å². The number of carbonyl (C=O) groups excluding carboxylic acids is 1. The van der Waals surface area contributed by atoms with Crippen LogP contribution in [0.25, 0.3) is 6.08 Å². The molecule has 0 radical (unpaired) electrons. The van der Waals surface area contributed by atoms with E-state index in [9.17, 15) is 18.0 Å². The number of hydrogen-bond acceptors (Lipinski definition) is 2. The van der Waals surface area contributed by atoms with E-state index in [1.165, 1.54) is 13.0 Å². The van der Waals surface area contributed by atoms with Gasteiger partial charge in [-0.25, -0.2) is 13.2 Å². The summed E-state index contributed by atoms with van der Waals surface area (Å²) in [6, 6.07) is 1.32. The third-order valence-electron chi connectivity index (χ3n) is 1.93. The summed E-state index contributed by atoms with van der Waals surface area (Å²) in [6.45, 7) is 1.46. The predicted octanol–water partition coefficient (Wildman–Crippen LogP) is 3.79. The van der Waals surface area contributed by atoms with Crippen LogP contribution in [0.1, 0.15) is 18.9 Å². The van der Waals surface area contributed by atoms with Gasteiger partial charge in [0, 0.05) is 24.3 Å². The number of allylic oxidation sites excluding steroid dienone is 1. The van der Waals surface area contributed by atoms with Gasteiger partial charge in [-0.3, -0.25) is 4.79 Å². The summed E-state index contributed by atoms with van der Waals surface area (Å²) in [7, 11) is 0. The lowest BCUT2D eigenvalue weighted by Crippen LogP contribution is -1.90. The van der Waals surface area contributed by atoms with E-state index in [0.717, 1.165) is 17.8 Å². The van der Waals surface area contributed by atoms with Crippen LogP contribution in [0.15, 0.2) is 18.2 Å². The zero-order valence-corrected chi connectivity index (χ0v) is 9.99. The predicted molar refractivity (Wildman–Crippen MR) is 63.1 cm³/mol. The van der Waals surface area contributed by atoms with E-state index in [4.69, 9.17) is 0 Å². The average molecular weight is 260 g/mol. The lowest BCUT2D eigenvalue weighted by molar-refractivity contribution is -0.109. The van der Waals surface area contributed by atoms with Crippen LogP contribution in [0.5, 0.6) is 0 Å². The first kappa shape index (κ1) is 13.8. The third kappa shape index (κ3) is 4.65. The first-order chi connectivity index (χ1) is 8.00. The molecule has 0 bridgehead atoms. The molecule has 0 saturated heterocycles. The number of hydrogen-bond donors (Lipinski definition) is 0. The van der Waals surface area contributed by atoms with Crippen LogP contribution in [-0.2, 0) is 4.79 Å². The maximum atomic E-state index is 13.2. The molecule has 0 aliphatic carbocycles. The van der Waals surface area contributed by atoms with Crippen LogP contribution < -0.4 is 0 Å². The minimum atomic E-state index is -1.20. The SMILES string of the molecule is CC(=O)SCCC=Cc1cc(F)c(F)cc1F. The second-order valence-electron chi connectivity index (χ2n) is 3.32. The van der Waals surface area contributed by atoms with Crippen molar-refractivity contribution in [2.24, 2.45) is 0 Å². The normalized spacial score (nSPS) is 11.1. The van der Waals surface area contributed by atoms with E-state index in [1.807, 2.05) is 0 Å². The zero-order valence-electron chi connectivity index (χ0n) is 9.17. The topological polar surface area (TPSA) is 17.1 Å². The minimum Gasteiger partial charge on any atom is -0.288 e. The van der Waals surface area contributed by atoms with Crippen LogP contribution in [0.4, 0.5) is 13.2 Å². The lowest BCUT2D eigenvalue weighted by atomic mass is 10.2. The summed E-state index contributed by atoms with van der Waals surface area (Å²) in [5.41, 5.74) is -0.00303. The highest BCUT2D eigenvalue weighted by Gasteiger charge is 2.06. The Hall–Kier alpha value is -1.23. The molecular formula is C12H11F3OS. The van der Waals surface area contributed by atoms with Gasteiger partial charge >= 0.3 is 0 Å². The summed E-state index contributed by atoms with van der Waals surface area (Å²) in [4.78, 5) is 10.6. The molecule has 0 saturated carbocycles. The van der Waals surface area contributed by atoms with E-state index in [0.29, 0.717) is 18.2 Å². The highest BCUT2D eigenvalue weighted by Crippen LogP contribution is 2.15. The molecule has 0 fully saturated rings. The molecule has 0 aromatic heterocycles. The Morgan fingerprint density at radius 3 is 2.53 bits per heavy atom. The second-order valence-corrected chi connectivity index (χ2v) is 4.59. The summed E-state index contributed by atoms with van der Waals surface area (Å²) >= 11 is 1.16. The lowest BCUT2D eigenvalue weighted by Gasteiger charge is -1.98. The smallest absolute Gasteiger partial charge is 0.185 e. The van der Waals surface area contributed by atoms with Crippen molar-refractivity contribution in [2.75, 3.05) is 5.75 Å². The quantitative estimate of drug-likeness (QED) is 0.605.